The molecule has 24 heavy (non-hydrogen) atoms. The molecule has 2 bridgehead atoms. The topological polar surface area (TPSA) is 51.2 Å². The highest BCUT2D eigenvalue weighted by Gasteiger charge is 2.46. The molecule has 0 spiro atoms. The first kappa shape index (κ1) is 16.7. The van der Waals surface area contributed by atoms with Crippen LogP contribution in [0.2, 0.25) is 0 Å². The van der Waals surface area contributed by atoms with Crippen molar-refractivity contribution in [3.63, 3.8) is 0 Å². The molecule has 1 amide bonds. The minimum Gasteiger partial charge on any atom is -0.493 e. The quantitative estimate of drug-likeness (QED) is 0.851. The Hall–Kier alpha value is -2.11. The summed E-state index contributed by atoms with van der Waals surface area (Å²) in [6, 6.07) is 6.49. The first-order chi connectivity index (χ1) is 11.3. The second-order valence-electron chi connectivity index (χ2n) is 7.37. The third-order valence-corrected chi connectivity index (χ3v) is 4.57. The number of benzene rings is 1. The number of hydrogen-bond donors (Lipinski definition) is 0. The van der Waals surface area contributed by atoms with Crippen molar-refractivity contribution in [2.45, 2.75) is 44.9 Å². The summed E-state index contributed by atoms with van der Waals surface area (Å²) in [4.78, 5) is 16.5. The predicted octanol–water partition coefficient (Wildman–Crippen LogP) is 2.90. The molecule has 0 aromatic heterocycles. The molecule has 2 heterocycles. The van der Waals surface area contributed by atoms with Gasteiger partial charge < -0.3 is 24.0 Å². The van der Waals surface area contributed by atoms with E-state index < -0.39 is 5.60 Å². The molecule has 6 nitrogen and oxygen atoms in total. The van der Waals surface area contributed by atoms with Gasteiger partial charge in [0.2, 0.25) is 0 Å². The smallest absolute Gasteiger partial charge is 0.410 e. The molecule has 0 unspecified atom stereocenters. The van der Waals surface area contributed by atoms with E-state index in [0.717, 1.165) is 30.2 Å². The Morgan fingerprint density at radius 3 is 2.33 bits per heavy atom. The average Bonchev–Trinajstić information content (AvgIpc) is 3.13. The molecule has 2 fully saturated rings. The van der Waals surface area contributed by atoms with Gasteiger partial charge in [-0.3, -0.25) is 0 Å². The summed E-state index contributed by atoms with van der Waals surface area (Å²) in [5.41, 5.74) is 0.645. The molecule has 0 N–H and O–H groups in total. The summed E-state index contributed by atoms with van der Waals surface area (Å²) in [7, 11) is 3.27. The van der Waals surface area contributed by atoms with Crippen LogP contribution in [0.15, 0.2) is 18.2 Å². The minimum absolute atomic E-state index is 0.206. The molecule has 6 heteroatoms. The maximum atomic E-state index is 12.3. The van der Waals surface area contributed by atoms with Crippen LogP contribution in [0, 0.1) is 0 Å². The Labute approximate surface area is 143 Å². The van der Waals surface area contributed by atoms with Gasteiger partial charge in [0.1, 0.15) is 5.60 Å². The van der Waals surface area contributed by atoms with Crippen LogP contribution in [0.1, 0.15) is 27.2 Å². The van der Waals surface area contributed by atoms with E-state index in [2.05, 4.69) is 4.90 Å². The molecule has 2 saturated heterocycles. The van der Waals surface area contributed by atoms with Crippen LogP contribution in [0.25, 0.3) is 0 Å². The Balaban J connectivity index is 1.70. The summed E-state index contributed by atoms with van der Waals surface area (Å²) >= 11 is 0. The van der Waals surface area contributed by atoms with E-state index in [4.69, 9.17) is 14.2 Å². The van der Waals surface area contributed by atoms with E-state index in [0.29, 0.717) is 12.6 Å². The van der Waals surface area contributed by atoms with Crippen molar-refractivity contribution in [1.82, 2.24) is 4.90 Å². The largest absolute Gasteiger partial charge is 0.493 e. The van der Waals surface area contributed by atoms with Crippen molar-refractivity contribution in [1.29, 1.82) is 0 Å². The average molecular weight is 334 g/mol. The number of methoxy groups -OCH3 is 2. The fraction of sp³-hybridized carbons (Fsp3) is 0.611. The number of carbonyl (C=O) groups is 1. The number of rotatable bonds is 3. The van der Waals surface area contributed by atoms with Gasteiger partial charge in [-0.15, -0.1) is 0 Å². The second-order valence-corrected chi connectivity index (χ2v) is 7.37. The summed E-state index contributed by atoms with van der Waals surface area (Å²) < 4.78 is 16.2. The number of nitrogens with zero attached hydrogens (tertiary/aromatic N) is 2. The lowest BCUT2D eigenvalue weighted by atomic mass is 10.2. The SMILES string of the molecule is COc1ccc(N2C[C@H]3C[C@@H]2CN3C(=O)OC(C)(C)C)cc1OC. The van der Waals surface area contributed by atoms with Crippen molar-refractivity contribution in [3.8, 4) is 11.5 Å². The van der Waals surface area contributed by atoms with Gasteiger partial charge in [-0.2, -0.15) is 0 Å². The fourth-order valence-electron chi connectivity index (χ4n) is 3.53. The lowest BCUT2D eigenvalue weighted by Gasteiger charge is -2.36. The maximum Gasteiger partial charge on any atom is 0.410 e. The molecule has 1 aromatic carbocycles. The van der Waals surface area contributed by atoms with E-state index in [-0.39, 0.29) is 12.1 Å². The molecular weight excluding hydrogens is 308 g/mol. The van der Waals surface area contributed by atoms with Crippen molar-refractivity contribution in [2.75, 3.05) is 32.2 Å². The number of amides is 1. The molecule has 0 aliphatic carbocycles. The molecule has 2 aliphatic rings. The van der Waals surface area contributed by atoms with Crippen LogP contribution in [-0.2, 0) is 4.74 Å². The number of ether oxygens (including phenoxy) is 3. The Kier molecular flexibility index (Phi) is 4.24. The fourth-order valence-corrected chi connectivity index (χ4v) is 3.53. The number of fused-ring (bicyclic) bond motifs is 2. The molecule has 2 aliphatic heterocycles. The zero-order valence-electron chi connectivity index (χ0n) is 15.0. The van der Waals surface area contributed by atoms with Gasteiger partial charge in [0.25, 0.3) is 0 Å². The number of piperazine rings is 1. The summed E-state index contributed by atoms with van der Waals surface area (Å²) in [5, 5.41) is 0. The zero-order valence-corrected chi connectivity index (χ0v) is 15.0. The Morgan fingerprint density at radius 1 is 1.08 bits per heavy atom. The van der Waals surface area contributed by atoms with Gasteiger partial charge in [0, 0.05) is 30.9 Å². The maximum absolute atomic E-state index is 12.3. The predicted molar refractivity (Wildman–Crippen MR) is 92.0 cm³/mol. The van der Waals surface area contributed by atoms with Gasteiger partial charge in [-0.1, -0.05) is 0 Å². The zero-order chi connectivity index (χ0) is 17.5. The van der Waals surface area contributed by atoms with Gasteiger partial charge in [0.05, 0.1) is 20.3 Å². The molecule has 2 atom stereocenters. The lowest BCUT2D eigenvalue weighted by molar-refractivity contribution is 0.0214. The highest BCUT2D eigenvalue weighted by Crippen LogP contribution is 2.38. The van der Waals surface area contributed by atoms with Gasteiger partial charge in [0.15, 0.2) is 11.5 Å². The van der Waals surface area contributed by atoms with E-state index >= 15 is 0 Å². The molecule has 1 aromatic rings. The van der Waals surface area contributed by atoms with E-state index in [1.807, 2.05) is 43.9 Å². The molecular formula is C18H26N2O4. The van der Waals surface area contributed by atoms with Crippen LogP contribution in [0.3, 0.4) is 0 Å². The van der Waals surface area contributed by atoms with E-state index in [1.165, 1.54) is 0 Å². The number of carbonyl (C=O) groups excluding carboxylic acids is 1. The first-order valence-electron chi connectivity index (χ1n) is 8.30. The summed E-state index contributed by atoms with van der Waals surface area (Å²) in [5.74, 6) is 1.45. The number of hydrogen-bond acceptors (Lipinski definition) is 5. The molecule has 132 valence electrons. The van der Waals surface area contributed by atoms with Gasteiger partial charge >= 0.3 is 6.09 Å². The Bertz CT molecular complexity index is 626. The Morgan fingerprint density at radius 2 is 1.79 bits per heavy atom. The van der Waals surface area contributed by atoms with Crippen molar-refractivity contribution < 1.29 is 19.0 Å². The van der Waals surface area contributed by atoms with Crippen molar-refractivity contribution >= 4 is 11.8 Å². The van der Waals surface area contributed by atoms with Crippen molar-refractivity contribution in [3.05, 3.63) is 18.2 Å². The third-order valence-electron chi connectivity index (χ3n) is 4.57. The molecule has 0 radical (unpaired) electrons. The lowest BCUT2D eigenvalue weighted by Crippen LogP contribution is -2.50. The van der Waals surface area contributed by atoms with Crippen LogP contribution in [-0.4, -0.2) is 56.0 Å². The van der Waals surface area contributed by atoms with Gasteiger partial charge in [-0.05, 0) is 39.3 Å². The van der Waals surface area contributed by atoms with Crippen LogP contribution >= 0.6 is 0 Å². The van der Waals surface area contributed by atoms with Crippen LogP contribution < -0.4 is 14.4 Å². The summed E-state index contributed by atoms with van der Waals surface area (Å²) in [6.07, 6.45) is 0.773. The molecule has 3 rings (SSSR count). The van der Waals surface area contributed by atoms with E-state index in [1.54, 1.807) is 14.2 Å². The van der Waals surface area contributed by atoms with Crippen LogP contribution in [0.5, 0.6) is 11.5 Å². The third kappa shape index (κ3) is 3.09. The van der Waals surface area contributed by atoms with Crippen LogP contribution in [0.4, 0.5) is 10.5 Å². The highest BCUT2D eigenvalue weighted by atomic mass is 16.6. The second kappa shape index (κ2) is 6.07. The monoisotopic (exact) mass is 334 g/mol. The summed E-state index contributed by atoms with van der Waals surface area (Å²) in [6.45, 7) is 7.22. The van der Waals surface area contributed by atoms with Gasteiger partial charge in [-0.25, -0.2) is 4.79 Å². The standard InChI is InChI=1S/C18H26N2O4/c1-18(2,3)24-17(21)20-11-13-8-14(20)10-19(13)12-6-7-15(22-4)16(9-12)23-5/h6-7,9,13-14H,8,10-11H2,1-5H3/t13-,14-/m1/s1. The number of anilines is 1. The highest BCUT2D eigenvalue weighted by molar-refractivity contribution is 5.70. The number of likely N-dealkylation sites (tertiary alicyclic amines) is 1. The van der Waals surface area contributed by atoms with E-state index in [9.17, 15) is 4.79 Å². The van der Waals surface area contributed by atoms with Crippen molar-refractivity contribution in [2.24, 2.45) is 0 Å². The molecule has 0 saturated carbocycles. The normalized spacial score (nSPS) is 22.7. The minimum atomic E-state index is -0.456. The first-order valence-corrected chi connectivity index (χ1v) is 8.30.